The van der Waals surface area contributed by atoms with Crippen molar-refractivity contribution in [1.29, 1.82) is 0 Å². The Hall–Kier alpha value is -4.66. The Morgan fingerprint density at radius 1 is 1.05 bits per heavy atom. The lowest BCUT2D eigenvalue weighted by Crippen LogP contribution is -2.48. The summed E-state index contributed by atoms with van der Waals surface area (Å²) in [6, 6.07) is 4.05. The van der Waals surface area contributed by atoms with Crippen molar-refractivity contribution in [2.24, 2.45) is 0 Å². The molecule has 41 heavy (non-hydrogen) atoms. The first-order valence-corrected chi connectivity index (χ1v) is 13.2. The fraction of sp³-hybridized carbons (Fsp3) is 0.423. The number of amides is 1. The van der Waals surface area contributed by atoms with Crippen LogP contribution >= 0.6 is 0 Å². The molecule has 0 bridgehead atoms. The third-order valence-corrected chi connectivity index (χ3v) is 7.57. The first-order chi connectivity index (χ1) is 19.7. The Bertz CT molecular complexity index is 1660. The number of ether oxygens (including phenoxy) is 2. The minimum absolute atomic E-state index is 0.0229. The van der Waals surface area contributed by atoms with Crippen LogP contribution in [0.25, 0.3) is 10.9 Å². The average molecular weight is 570 g/mol. The monoisotopic (exact) mass is 569 g/mol. The van der Waals surface area contributed by atoms with Gasteiger partial charge < -0.3 is 29.3 Å². The highest BCUT2D eigenvalue weighted by molar-refractivity contribution is 5.97. The molecule has 3 aliphatic heterocycles. The molecular formula is C26H28FN7O7. The number of halogens is 1. The molecule has 0 atom stereocenters. The van der Waals surface area contributed by atoms with Crippen LogP contribution < -0.4 is 30.5 Å². The number of hydrogen-bond donors (Lipinski definition) is 1. The van der Waals surface area contributed by atoms with Gasteiger partial charge in [0.05, 0.1) is 18.6 Å². The van der Waals surface area contributed by atoms with Gasteiger partial charge in [-0.1, -0.05) is 0 Å². The van der Waals surface area contributed by atoms with Crippen LogP contribution in [0.1, 0.15) is 10.4 Å². The fourth-order valence-corrected chi connectivity index (χ4v) is 5.39. The summed E-state index contributed by atoms with van der Waals surface area (Å²) in [4.78, 5) is 55.0. The van der Waals surface area contributed by atoms with Gasteiger partial charge in [-0.25, -0.2) is 13.9 Å². The van der Waals surface area contributed by atoms with Gasteiger partial charge in [-0.2, -0.15) is 5.10 Å². The Morgan fingerprint density at radius 2 is 1.76 bits per heavy atom. The number of anilines is 2. The summed E-state index contributed by atoms with van der Waals surface area (Å²) in [5, 5.41) is 15.4. The number of benzene rings is 1. The zero-order chi connectivity index (χ0) is 28.8. The quantitative estimate of drug-likeness (QED) is 0.425. The largest absolute Gasteiger partial charge is 0.477 e. The third-order valence-electron chi connectivity index (χ3n) is 7.57. The normalized spacial score (nSPS) is 17.1. The number of carbonyl (C=O) groups excluding carboxylic acids is 1. The van der Waals surface area contributed by atoms with E-state index in [1.54, 1.807) is 23.0 Å². The Balaban J connectivity index is 1.25. The molecule has 3 aromatic rings. The molecule has 0 unspecified atom stereocenters. The second-order valence-corrected chi connectivity index (χ2v) is 10.0. The number of morpholine rings is 1. The maximum absolute atomic E-state index is 15.6. The van der Waals surface area contributed by atoms with Gasteiger partial charge in [0.1, 0.15) is 29.1 Å². The molecule has 0 radical (unpaired) electrons. The van der Waals surface area contributed by atoms with Gasteiger partial charge in [-0.05, 0) is 12.1 Å². The number of rotatable bonds is 5. The van der Waals surface area contributed by atoms with Crippen molar-refractivity contribution in [2.45, 2.75) is 6.54 Å². The first-order valence-electron chi connectivity index (χ1n) is 13.2. The van der Waals surface area contributed by atoms with Crippen LogP contribution in [-0.2, 0) is 16.1 Å². The standard InChI is InChI=1S/C26H28FN7O7/c1-29-15-41-25-22-16(24(37)17(26(38)39)13-34(22)29)12-18(27)23(25)32-6-4-30(5-7-32)19-2-3-20(35)33(28-19)14-21(36)31-8-10-40-11-9-31/h2-3,12-13H,4-11,14-15H2,1H3,(H,38,39). The minimum atomic E-state index is -1.40. The predicted molar refractivity (Wildman–Crippen MR) is 145 cm³/mol. The molecule has 1 amide bonds. The lowest BCUT2D eigenvalue weighted by Gasteiger charge is -2.39. The molecule has 6 rings (SSSR count). The Labute approximate surface area is 232 Å². The molecule has 2 fully saturated rings. The summed E-state index contributed by atoms with van der Waals surface area (Å²) >= 11 is 0. The molecule has 216 valence electrons. The molecule has 0 spiro atoms. The van der Waals surface area contributed by atoms with Crippen LogP contribution in [0.2, 0.25) is 0 Å². The SMILES string of the molecule is CN1COc2c(N3CCN(c4ccc(=O)n(CC(=O)N5CCOCC5)n4)CC3)c(F)cc3c(=O)c(C(=O)O)cn1c23. The second kappa shape index (κ2) is 10.4. The molecule has 3 aliphatic rings. The zero-order valence-electron chi connectivity index (χ0n) is 22.3. The van der Waals surface area contributed by atoms with Gasteiger partial charge >= 0.3 is 5.97 Å². The Kier molecular flexibility index (Phi) is 6.73. The van der Waals surface area contributed by atoms with E-state index in [1.807, 2.05) is 9.80 Å². The van der Waals surface area contributed by atoms with Crippen molar-refractivity contribution in [2.75, 3.05) is 81.1 Å². The molecule has 0 saturated carbocycles. The van der Waals surface area contributed by atoms with Gasteiger partial charge in [-0.15, -0.1) is 0 Å². The number of carbonyl (C=O) groups is 2. The maximum atomic E-state index is 15.6. The van der Waals surface area contributed by atoms with E-state index in [2.05, 4.69) is 5.10 Å². The van der Waals surface area contributed by atoms with Gasteiger partial charge in [0, 0.05) is 58.6 Å². The van der Waals surface area contributed by atoms with Crippen LogP contribution in [-0.4, -0.2) is 103 Å². The maximum Gasteiger partial charge on any atom is 0.341 e. The van der Waals surface area contributed by atoms with E-state index in [9.17, 15) is 24.3 Å². The summed E-state index contributed by atoms with van der Waals surface area (Å²) in [5.74, 6) is -1.59. The van der Waals surface area contributed by atoms with Crippen molar-refractivity contribution < 1.29 is 28.6 Å². The summed E-state index contributed by atoms with van der Waals surface area (Å²) in [6.45, 7) is 3.33. The van der Waals surface area contributed by atoms with Gasteiger partial charge in [-0.3, -0.25) is 24.1 Å². The topological polar surface area (TPSA) is 143 Å². The van der Waals surface area contributed by atoms with E-state index in [4.69, 9.17) is 9.47 Å². The first kappa shape index (κ1) is 26.6. The highest BCUT2D eigenvalue weighted by atomic mass is 19.1. The second-order valence-electron chi connectivity index (χ2n) is 10.0. The van der Waals surface area contributed by atoms with Crippen LogP contribution in [0.15, 0.2) is 34.0 Å². The summed E-state index contributed by atoms with van der Waals surface area (Å²) < 4.78 is 29.4. The number of carboxylic acids is 1. The number of carboxylic acid groups (broad SMARTS) is 1. The highest BCUT2D eigenvalue weighted by Crippen LogP contribution is 2.40. The molecule has 2 saturated heterocycles. The molecule has 1 aromatic carbocycles. The average Bonchev–Trinajstić information content (AvgIpc) is 2.97. The molecule has 1 N–H and O–H groups in total. The molecule has 5 heterocycles. The molecule has 0 aliphatic carbocycles. The van der Waals surface area contributed by atoms with Crippen LogP contribution in [0.3, 0.4) is 0 Å². The van der Waals surface area contributed by atoms with Crippen LogP contribution in [0.4, 0.5) is 15.9 Å². The number of pyridine rings is 1. The summed E-state index contributed by atoms with van der Waals surface area (Å²) in [5.41, 5.74) is -1.14. The van der Waals surface area contributed by atoms with E-state index in [0.717, 1.165) is 10.7 Å². The highest BCUT2D eigenvalue weighted by Gasteiger charge is 2.31. The van der Waals surface area contributed by atoms with Crippen molar-refractivity contribution in [3.05, 3.63) is 56.4 Å². The summed E-state index contributed by atoms with van der Waals surface area (Å²) in [7, 11) is 1.67. The van der Waals surface area contributed by atoms with E-state index >= 15 is 4.39 Å². The molecule has 15 heteroatoms. The number of piperazine rings is 1. The van der Waals surface area contributed by atoms with Gasteiger partial charge in [0.25, 0.3) is 5.56 Å². The van der Waals surface area contributed by atoms with E-state index in [0.29, 0.717) is 63.8 Å². The lowest BCUT2D eigenvalue weighted by molar-refractivity contribution is -0.136. The van der Waals surface area contributed by atoms with E-state index in [1.165, 1.54) is 16.9 Å². The molecular weight excluding hydrogens is 541 g/mol. The smallest absolute Gasteiger partial charge is 0.341 e. The number of nitrogens with zero attached hydrogens (tertiary/aromatic N) is 7. The Morgan fingerprint density at radius 3 is 2.46 bits per heavy atom. The van der Waals surface area contributed by atoms with Crippen molar-refractivity contribution in [1.82, 2.24) is 19.4 Å². The zero-order valence-corrected chi connectivity index (χ0v) is 22.3. The van der Waals surface area contributed by atoms with E-state index < -0.39 is 22.8 Å². The summed E-state index contributed by atoms with van der Waals surface area (Å²) in [6.07, 6.45) is 1.23. The molecule has 14 nitrogen and oxygen atoms in total. The molecule has 2 aromatic heterocycles. The van der Waals surface area contributed by atoms with Crippen molar-refractivity contribution in [3.8, 4) is 5.75 Å². The lowest BCUT2D eigenvalue weighted by atomic mass is 10.1. The van der Waals surface area contributed by atoms with Gasteiger partial charge in [0.2, 0.25) is 11.3 Å². The number of aromatic carboxylic acids is 1. The van der Waals surface area contributed by atoms with Crippen molar-refractivity contribution >= 4 is 34.3 Å². The fourth-order valence-electron chi connectivity index (χ4n) is 5.39. The van der Waals surface area contributed by atoms with Crippen LogP contribution in [0, 0.1) is 5.82 Å². The predicted octanol–water partition coefficient (Wildman–Crippen LogP) is -0.501. The van der Waals surface area contributed by atoms with Crippen LogP contribution in [0.5, 0.6) is 5.75 Å². The van der Waals surface area contributed by atoms with Gasteiger partial charge in [0.15, 0.2) is 18.3 Å². The minimum Gasteiger partial charge on any atom is -0.477 e. The number of hydrogen-bond acceptors (Lipinski definition) is 10. The van der Waals surface area contributed by atoms with E-state index in [-0.39, 0.29) is 41.6 Å². The van der Waals surface area contributed by atoms with Crippen molar-refractivity contribution in [3.63, 3.8) is 0 Å². The number of aromatic nitrogens is 3. The third kappa shape index (κ3) is 4.71.